The van der Waals surface area contributed by atoms with Crippen LogP contribution in [0.1, 0.15) is 52.9 Å². The number of carbonyl (C=O) groups is 1. The van der Waals surface area contributed by atoms with Crippen LogP contribution >= 0.6 is 0 Å². The highest BCUT2D eigenvalue weighted by Crippen LogP contribution is 2.37. The number of ether oxygens (including phenoxy) is 1. The average molecular weight is 502 g/mol. The fourth-order valence-corrected chi connectivity index (χ4v) is 4.51. The Balaban J connectivity index is 1.27. The molecule has 8 nitrogen and oxygen atoms in total. The highest BCUT2D eigenvalue weighted by atomic mass is 19.1. The molecular formula is C28H28FN5O3. The molecule has 0 saturated heterocycles. The first-order valence-electron chi connectivity index (χ1n) is 12.2. The second-order valence-electron chi connectivity index (χ2n) is 9.50. The summed E-state index contributed by atoms with van der Waals surface area (Å²) >= 11 is 0. The first kappa shape index (κ1) is 24.6. The number of aryl methyl sites for hydroxylation is 2. The third kappa shape index (κ3) is 5.51. The van der Waals surface area contributed by atoms with Gasteiger partial charge in [-0.05, 0) is 81.0 Å². The van der Waals surface area contributed by atoms with Crippen LogP contribution in [0.25, 0.3) is 5.82 Å². The Kier molecular flexibility index (Phi) is 6.71. The summed E-state index contributed by atoms with van der Waals surface area (Å²) in [6.07, 6.45) is 6.29. The molecule has 3 aromatic heterocycles. The zero-order valence-corrected chi connectivity index (χ0v) is 20.7. The maximum atomic E-state index is 13.6. The summed E-state index contributed by atoms with van der Waals surface area (Å²) in [6.45, 7) is 3.62. The molecule has 4 aromatic rings. The monoisotopic (exact) mass is 501 g/mol. The van der Waals surface area contributed by atoms with Gasteiger partial charge in [0.1, 0.15) is 41.3 Å². The maximum Gasteiger partial charge on any atom is 0.338 e. The highest BCUT2D eigenvalue weighted by Gasteiger charge is 2.38. The lowest BCUT2D eigenvalue weighted by Gasteiger charge is -2.34. The molecule has 0 radical (unpaired) electrons. The number of hydrogen-bond donors (Lipinski definition) is 2. The molecule has 1 saturated carbocycles. The number of benzene rings is 1. The van der Waals surface area contributed by atoms with Crippen molar-refractivity contribution in [2.24, 2.45) is 0 Å². The zero-order valence-electron chi connectivity index (χ0n) is 20.7. The van der Waals surface area contributed by atoms with E-state index in [-0.39, 0.29) is 17.9 Å². The van der Waals surface area contributed by atoms with Gasteiger partial charge in [0.15, 0.2) is 0 Å². The number of esters is 1. The van der Waals surface area contributed by atoms with E-state index in [1.165, 1.54) is 6.20 Å². The molecule has 1 aliphatic rings. The van der Waals surface area contributed by atoms with E-state index in [2.05, 4.69) is 20.3 Å². The van der Waals surface area contributed by atoms with Crippen LogP contribution in [0.15, 0.2) is 67.3 Å². The van der Waals surface area contributed by atoms with Gasteiger partial charge in [-0.3, -0.25) is 4.57 Å². The van der Waals surface area contributed by atoms with Crippen molar-refractivity contribution >= 4 is 17.6 Å². The van der Waals surface area contributed by atoms with Crippen LogP contribution in [0.2, 0.25) is 0 Å². The molecule has 5 rings (SSSR count). The van der Waals surface area contributed by atoms with Crippen LogP contribution < -0.4 is 5.32 Å². The first-order chi connectivity index (χ1) is 17.8. The van der Waals surface area contributed by atoms with Crippen LogP contribution in [0.5, 0.6) is 0 Å². The number of hydrogen-bond acceptors (Lipinski definition) is 7. The van der Waals surface area contributed by atoms with E-state index < -0.39 is 5.60 Å². The smallest absolute Gasteiger partial charge is 0.338 e. The van der Waals surface area contributed by atoms with E-state index in [1.54, 1.807) is 54.3 Å². The van der Waals surface area contributed by atoms with Gasteiger partial charge in [0.2, 0.25) is 0 Å². The molecule has 1 aromatic carbocycles. The van der Waals surface area contributed by atoms with E-state index in [4.69, 9.17) is 4.74 Å². The van der Waals surface area contributed by atoms with Gasteiger partial charge in [-0.1, -0.05) is 18.2 Å². The summed E-state index contributed by atoms with van der Waals surface area (Å²) in [4.78, 5) is 25.6. The van der Waals surface area contributed by atoms with Gasteiger partial charge in [-0.15, -0.1) is 0 Å². The fourth-order valence-electron chi connectivity index (χ4n) is 4.51. The third-order valence-electron chi connectivity index (χ3n) is 6.63. The Morgan fingerprint density at radius 1 is 1.11 bits per heavy atom. The minimum atomic E-state index is -1.11. The zero-order chi connectivity index (χ0) is 26.0. The molecule has 190 valence electrons. The molecule has 0 spiro atoms. The van der Waals surface area contributed by atoms with Crippen LogP contribution in [0.4, 0.5) is 16.0 Å². The van der Waals surface area contributed by atoms with Crippen molar-refractivity contribution < 1.29 is 19.0 Å². The number of nitrogens with zero attached hydrogens (tertiary/aromatic N) is 4. The Labute approximate surface area is 214 Å². The Morgan fingerprint density at radius 2 is 1.86 bits per heavy atom. The number of carbonyl (C=O) groups excluding carboxylic acids is 1. The summed E-state index contributed by atoms with van der Waals surface area (Å²) in [5.74, 6) is 0.961. The second kappa shape index (κ2) is 10.1. The number of aliphatic hydroxyl groups is 1. The van der Waals surface area contributed by atoms with E-state index in [1.807, 2.05) is 25.1 Å². The molecule has 0 bridgehead atoms. The van der Waals surface area contributed by atoms with E-state index in [9.17, 15) is 14.3 Å². The third-order valence-corrected chi connectivity index (χ3v) is 6.63. The molecule has 3 heterocycles. The molecule has 9 heteroatoms. The van der Waals surface area contributed by atoms with E-state index >= 15 is 0 Å². The van der Waals surface area contributed by atoms with Crippen molar-refractivity contribution in [2.75, 3.05) is 5.32 Å². The van der Waals surface area contributed by atoms with Gasteiger partial charge in [-0.2, -0.15) is 0 Å². The minimum absolute atomic E-state index is 0.245. The van der Waals surface area contributed by atoms with E-state index in [0.29, 0.717) is 60.0 Å². The molecule has 0 unspecified atom stereocenters. The molecule has 2 N–H and O–H groups in total. The summed E-state index contributed by atoms with van der Waals surface area (Å²) in [7, 11) is 0. The van der Waals surface area contributed by atoms with Crippen molar-refractivity contribution in [3.05, 3.63) is 95.5 Å². The van der Waals surface area contributed by atoms with Crippen molar-refractivity contribution in [1.82, 2.24) is 19.5 Å². The number of nitrogens with one attached hydrogen (secondary N) is 1. The van der Waals surface area contributed by atoms with Gasteiger partial charge in [0, 0.05) is 6.20 Å². The van der Waals surface area contributed by atoms with Crippen molar-refractivity contribution in [1.29, 1.82) is 0 Å². The van der Waals surface area contributed by atoms with Crippen molar-refractivity contribution in [3.8, 4) is 5.82 Å². The predicted molar refractivity (Wildman–Crippen MR) is 136 cm³/mol. The number of anilines is 2. The molecule has 0 amide bonds. The van der Waals surface area contributed by atoms with Gasteiger partial charge in [-0.25, -0.2) is 24.1 Å². The van der Waals surface area contributed by atoms with Gasteiger partial charge in [0.25, 0.3) is 0 Å². The van der Waals surface area contributed by atoms with Gasteiger partial charge in [0.05, 0.1) is 17.5 Å². The van der Waals surface area contributed by atoms with Crippen molar-refractivity contribution in [2.45, 2.75) is 51.2 Å². The lowest BCUT2D eigenvalue weighted by atomic mass is 9.81. The summed E-state index contributed by atoms with van der Waals surface area (Å²) in [5.41, 5.74) is 1.41. The number of imidazole rings is 1. The first-order valence-corrected chi connectivity index (χ1v) is 12.2. The fraction of sp³-hybridized carbons (Fsp3) is 0.286. The molecule has 0 atom stereocenters. The predicted octanol–water partition coefficient (Wildman–Crippen LogP) is 5.15. The number of pyridine rings is 2. The lowest BCUT2D eigenvalue weighted by Crippen LogP contribution is -2.35. The van der Waals surface area contributed by atoms with Crippen molar-refractivity contribution in [3.63, 3.8) is 0 Å². The molecule has 1 aliphatic carbocycles. The van der Waals surface area contributed by atoms with Gasteiger partial charge >= 0.3 is 5.97 Å². The Bertz CT molecular complexity index is 1410. The van der Waals surface area contributed by atoms with E-state index in [0.717, 1.165) is 5.56 Å². The second-order valence-corrected chi connectivity index (χ2v) is 9.50. The van der Waals surface area contributed by atoms with Crippen LogP contribution in [0, 0.1) is 19.7 Å². The quantitative estimate of drug-likeness (QED) is 0.352. The Hall–Kier alpha value is -4.11. The molecule has 0 aliphatic heterocycles. The topological polar surface area (TPSA) is 102 Å². The van der Waals surface area contributed by atoms with Crippen LogP contribution in [0.3, 0.4) is 0 Å². The van der Waals surface area contributed by atoms with Crippen LogP contribution in [-0.4, -0.2) is 36.7 Å². The molecular weight excluding hydrogens is 473 g/mol. The largest absolute Gasteiger partial charge is 0.459 e. The SMILES string of the molecule is Cc1cc(Nc2cc(C)c(F)cn2)nc(-n2cnc(C3(O)CCC(OC(=O)c4ccccc4)CC3)c2)c1. The lowest BCUT2D eigenvalue weighted by molar-refractivity contribution is -0.0485. The Morgan fingerprint density at radius 3 is 2.59 bits per heavy atom. The number of halogens is 1. The molecule has 1 fully saturated rings. The normalized spacial score (nSPS) is 19.4. The summed E-state index contributed by atoms with van der Waals surface area (Å²) in [5, 5.41) is 14.5. The minimum Gasteiger partial charge on any atom is -0.459 e. The standard InChI is InChI=1S/C28H28FN5O3/c1-18-12-25(32-24-14-19(2)22(29)15-30-24)33-26(13-18)34-16-23(31-17-34)28(36)10-8-21(9-11-28)37-27(35)20-6-4-3-5-7-20/h3-7,12-17,21,36H,8-11H2,1-2H3,(H,30,32,33). The maximum absolute atomic E-state index is 13.6. The number of aromatic nitrogens is 4. The molecule has 37 heavy (non-hydrogen) atoms. The highest BCUT2D eigenvalue weighted by molar-refractivity contribution is 5.89. The summed E-state index contributed by atoms with van der Waals surface area (Å²) in [6, 6.07) is 14.3. The average Bonchev–Trinajstić information content (AvgIpc) is 3.40. The summed E-state index contributed by atoms with van der Waals surface area (Å²) < 4.78 is 21.0. The number of rotatable bonds is 6. The van der Waals surface area contributed by atoms with Gasteiger partial charge < -0.3 is 15.2 Å². The van der Waals surface area contributed by atoms with Crippen LogP contribution in [-0.2, 0) is 10.3 Å².